The van der Waals surface area contributed by atoms with Gasteiger partial charge in [0.25, 0.3) is 0 Å². The van der Waals surface area contributed by atoms with E-state index in [1.54, 1.807) is 20.8 Å². The molecule has 128 valence electrons. The number of pyridine rings is 1. The van der Waals surface area contributed by atoms with Crippen LogP contribution in [0, 0.1) is 17.6 Å². The number of piperidine rings is 1. The molecule has 1 fully saturated rings. The fraction of sp³-hybridized carbons (Fsp3) is 0.625. The summed E-state index contributed by atoms with van der Waals surface area (Å²) in [6.07, 6.45) is 1.14. The van der Waals surface area contributed by atoms with Crippen LogP contribution in [0.5, 0.6) is 0 Å². The fourth-order valence-corrected chi connectivity index (χ4v) is 2.70. The molecule has 2 heterocycles. The number of amides is 1. The van der Waals surface area contributed by atoms with Crippen LogP contribution in [0.3, 0.4) is 0 Å². The Morgan fingerprint density at radius 3 is 2.57 bits per heavy atom. The van der Waals surface area contributed by atoms with Crippen LogP contribution in [0.4, 0.5) is 13.6 Å². The normalized spacial score (nSPS) is 20.3. The SMILES string of the molecule is CC(C)(C)OC(=O)N1CCCC(C(O)c2c(F)cncc2F)C1. The summed E-state index contributed by atoms with van der Waals surface area (Å²) >= 11 is 0. The van der Waals surface area contributed by atoms with Crippen molar-refractivity contribution in [3.8, 4) is 0 Å². The predicted molar refractivity (Wildman–Crippen MR) is 79.6 cm³/mol. The van der Waals surface area contributed by atoms with Gasteiger partial charge in [0.2, 0.25) is 0 Å². The molecule has 23 heavy (non-hydrogen) atoms. The number of aromatic nitrogens is 1. The molecule has 2 rings (SSSR count). The summed E-state index contributed by atoms with van der Waals surface area (Å²) in [6, 6.07) is 0. The number of carbonyl (C=O) groups is 1. The van der Waals surface area contributed by atoms with Gasteiger partial charge in [-0.25, -0.2) is 13.6 Å². The van der Waals surface area contributed by atoms with Crippen LogP contribution in [0.1, 0.15) is 45.3 Å². The number of ether oxygens (including phenoxy) is 1. The zero-order valence-corrected chi connectivity index (χ0v) is 13.6. The molecule has 0 saturated carbocycles. The molecule has 1 aliphatic heterocycles. The van der Waals surface area contributed by atoms with Crippen LogP contribution in [0.25, 0.3) is 0 Å². The van der Waals surface area contributed by atoms with Crippen molar-refractivity contribution in [1.29, 1.82) is 0 Å². The molecule has 1 saturated heterocycles. The van der Waals surface area contributed by atoms with Crippen molar-refractivity contribution in [2.24, 2.45) is 5.92 Å². The lowest BCUT2D eigenvalue weighted by Crippen LogP contribution is -2.44. The average Bonchev–Trinajstić information content (AvgIpc) is 2.45. The Morgan fingerprint density at radius 2 is 2.00 bits per heavy atom. The van der Waals surface area contributed by atoms with Gasteiger partial charge in [0, 0.05) is 19.0 Å². The van der Waals surface area contributed by atoms with Crippen LogP contribution in [-0.2, 0) is 4.74 Å². The summed E-state index contributed by atoms with van der Waals surface area (Å²) in [7, 11) is 0. The Labute approximate surface area is 134 Å². The zero-order chi connectivity index (χ0) is 17.2. The smallest absolute Gasteiger partial charge is 0.410 e. The second-order valence-corrected chi connectivity index (χ2v) is 6.79. The lowest BCUT2D eigenvalue weighted by atomic mass is 9.88. The molecule has 1 aliphatic rings. The Balaban J connectivity index is 2.10. The largest absolute Gasteiger partial charge is 0.444 e. The van der Waals surface area contributed by atoms with E-state index in [0.29, 0.717) is 19.4 Å². The lowest BCUT2D eigenvalue weighted by molar-refractivity contribution is 0.00135. The van der Waals surface area contributed by atoms with Crippen LogP contribution in [-0.4, -0.2) is 39.8 Å². The van der Waals surface area contributed by atoms with Gasteiger partial charge >= 0.3 is 6.09 Å². The Bertz CT molecular complexity index is 555. The predicted octanol–water partition coefficient (Wildman–Crippen LogP) is 3.04. The van der Waals surface area contributed by atoms with E-state index in [1.807, 2.05) is 0 Å². The molecule has 2 unspecified atom stereocenters. The standard InChI is InChI=1S/C16H22F2N2O3/c1-16(2,3)23-15(22)20-6-4-5-10(9-20)14(21)13-11(17)7-19-8-12(13)18/h7-8,10,14,21H,4-6,9H2,1-3H3. The number of carbonyl (C=O) groups excluding carboxylic acids is 1. The van der Waals surface area contributed by atoms with Crippen molar-refractivity contribution in [3.05, 3.63) is 29.6 Å². The molecule has 1 aromatic heterocycles. The van der Waals surface area contributed by atoms with E-state index in [2.05, 4.69) is 4.98 Å². The third-order valence-corrected chi connectivity index (χ3v) is 3.74. The Hall–Kier alpha value is -1.76. The minimum Gasteiger partial charge on any atom is -0.444 e. The third kappa shape index (κ3) is 4.37. The lowest BCUT2D eigenvalue weighted by Gasteiger charge is -2.36. The summed E-state index contributed by atoms with van der Waals surface area (Å²) in [5.74, 6) is -2.22. The first-order valence-corrected chi connectivity index (χ1v) is 7.64. The van der Waals surface area contributed by atoms with E-state index in [9.17, 15) is 18.7 Å². The molecular formula is C16H22F2N2O3. The monoisotopic (exact) mass is 328 g/mol. The van der Waals surface area contributed by atoms with Crippen LogP contribution >= 0.6 is 0 Å². The number of rotatable bonds is 2. The first-order valence-electron chi connectivity index (χ1n) is 7.64. The quantitative estimate of drug-likeness (QED) is 0.906. The van der Waals surface area contributed by atoms with E-state index in [1.165, 1.54) is 4.90 Å². The zero-order valence-electron chi connectivity index (χ0n) is 13.6. The maximum absolute atomic E-state index is 13.8. The van der Waals surface area contributed by atoms with Gasteiger partial charge in [0.15, 0.2) is 0 Å². The number of halogens is 2. The van der Waals surface area contributed by atoms with Gasteiger partial charge in [-0.15, -0.1) is 0 Å². The maximum Gasteiger partial charge on any atom is 0.410 e. The highest BCUT2D eigenvalue weighted by Gasteiger charge is 2.33. The summed E-state index contributed by atoms with van der Waals surface area (Å²) in [6.45, 7) is 5.99. The number of nitrogens with zero attached hydrogens (tertiary/aromatic N) is 2. The molecule has 0 bridgehead atoms. The highest BCUT2D eigenvalue weighted by atomic mass is 19.1. The second kappa shape index (κ2) is 6.78. The van der Waals surface area contributed by atoms with Gasteiger partial charge in [-0.1, -0.05) is 0 Å². The average molecular weight is 328 g/mol. The topological polar surface area (TPSA) is 62.7 Å². The van der Waals surface area contributed by atoms with Gasteiger partial charge in [-0.3, -0.25) is 4.98 Å². The number of likely N-dealkylation sites (tertiary alicyclic amines) is 1. The van der Waals surface area contributed by atoms with Crippen molar-refractivity contribution in [2.75, 3.05) is 13.1 Å². The molecule has 0 radical (unpaired) electrons. The van der Waals surface area contributed by atoms with Crippen LogP contribution < -0.4 is 0 Å². The highest BCUT2D eigenvalue weighted by molar-refractivity contribution is 5.68. The molecule has 0 aliphatic carbocycles. The summed E-state index contributed by atoms with van der Waals surface area (Å²) in [5, 5.41) is 10.4. The second-order valence-electron chi connectivity index (χ2n) is 6.79. The molecule has 1 aromatic rings. The van der Waals surface area contributed by atoms with Gasteiger partial charge < -0.3 is 14.7 Å². The van der Waals surface area contributed by atoms with E-state index in [-0.39, 0.29) is 6.54 Å². The first kappa shape index (κ1) is 17.6. The van der Waals surface area contributed by atoms with Gasteiger partial charge in [-0.2, -0.15) is 0 Å². The molecule has 0 aromatic carbocycles. The van der Waals surface area contributed by atoms with Crippen molar-refractivity contribution in [1.82, 2.24) is 9.88 Å². The van der Waals surface area contributed by atoms with Crippen LogP contribution in [0.15, 0.2) is 12.4 Å². The molecule has 1 N–H and O–H groups in total. The number of aliphatic hydroxyl groups is 1. The third-order valence-electron chi connectivity index (χ3n) is 3.74. The summed E-state index contributed by atoms with van der Waals surface area (Å²) in [4.78, 5) is 17.0. The van der Waals surface area contributed by atoms with Gasteiger partial charge in [0.05, 0.1) is 24.1 Å². The molecular weight excluding hydrogens is 306 g/mol. The van der Waals surface area contributed by atoms with Crippen molar-refractivity contribution in [2.45, 2.75) is 45.3 Å². The Morgan fingerprint density at radius 1 is 1.39 bits per heavy atom. The molecule has 1 amide bonds. The number of hydrogen-bond donors (Lipinski definition) is 1. The van der Waals surface area contributed by atoms with Crippen molar-refractivity contribution >= 4 is 6.09 Å². The van der Waals surface area contributed by atoms with E-state index in [0.717, 1.165) is 12.4 Å². The highest BCUT2D eigenvalue weighted by Crippen LogP contribution is 2.32. The number of hydrogen-bond acceptors (Lipinski definition) is 4. The maximum atomic E-state index is 13.8. The van der Waals surface area contributed by atoms with Gasteiger partial charge in [-0.05, 0) is 33.6 Å². The summed E-state index contributed by atoms with van der Waals surface area (Å²) in [5.41, 5.74) is -1.01. The minimum absolute atomic E-state index is 0.192. The molecule has 5 nitrogen and oxygen atoms in total. The fourth-order valence-electron chi connectivity index (χ4n) is 2.70. The van der Waals surface area contributed by atoms with Crippen molar-refractivity contribution < 1.29 is 23.4 Å². The van der Waals surface area contributed by atoms with Gasteiger partial charge in [0.1, 0.15) is 17.2 Å². The molecule has 2 atom stereocenters. The van der Waals surface area contributed by atoms with E-state index in [4.69, 9.17) is 4.74 Å². The summed E-state index contributed by atoms with van der Waals surface area (Å²) < 4.78 is 32.8. The van der Waals surface area contributed by atoms with E-state index < -0.39 is 40.9 Å². The van der Waals surface area contributed by atoms with E-state index >= 15 is 0 Å². The minimum atomic E-state index is -1.33. The van der Waals surface area contributed by atoms with Crippen molar-refractivity contribution in [3.63, 3.8) is 0 Å². The van der Waals surface area contributed by atoms with Crippen LogP contribution in [0.2, 0.25) is 0 Å². The first-order chi connectivity index (χ1) is 10.7. The molecule has 0 spiro atoms. The molecule has 7 heteroatoms. The Kier molecular flexibility index (Phi) is 5.19. The number of aliphatic hydroxyl groups excluding tert-OH is 1.